The molecule has 1 aromatic carbocycles. The summed E-state index contributed by atoms with van der Waals surface area (Å²) in [5.41, 5.74) is 0.108. The molecule has 0 spiro atoms. The number of hydrogen-bond acceptors (Lipinski definition) is 7. The van der Waals surface area contributed by atoms with Crippen molar-refractivity contribution in [1.29, 1.82) is 0 Å². The zero-order valence-electron chi connectivity index (χ0n) is 24.2. The Bertz CT molecular complexity index is 1230. The Morgan fingerprint density at radius 2 is 1.72 bits per heavy atom. The lowest BCUT2D eigenvalue weighted by Crippen LogP contribution is -2.41. The van der Waals surface area contributed by atoms with E-state index in [4.69, 9.17) is 13.9 Å². The summed E-state index contributed by atoms with van der Waals surface area (Å²) in [6, 6.07) is 11.2. The normalized spacial score (nSPS) is 13.1. The molecule has 0 aliphatic heterocycles. The molecule has 0 bridgehead atoms. The molecular formula is C29H41N3O5SSi. The molecule has 212 valence electrons. The summed E-state index contributed by atoms with van der Waals surface area (Å²) in [6.45, 7) is 17.5. The number of nitrogens with zero attached hydrogens (tertiary/aromatic N) is 1. The molecule has 2 aromatic heterocycles. The van der Waals surface area contributed by atoms with Crippen molar-refractivity contribution in [2.75, 3.05) is 25.1 Å². The highest BCUT2D eigenvalue weighted by Gasteiger charge is 2.37. The molecule has 2 N–H and O–H groups in total. The van der Waals surface area contributed by atoms with Crippen LogP contribution in [0.25, 0.3) is 10.1 Å². The molecular weight excluding hydrogens is 530 g/mol. The van der Waals surface area contributed by atoms with Crippen molar-refractivity contribution in [1.82, 2.24) is 10.3 Å². The molecule has 39 heavy (non-hydrogen) atoms. The molecule has 2 amide bonds. The van der Waals surface area contributed by atoms with E-state index in [0.29, 0.717) is 24.0 Å². The second kappa shape index (κ2) is 12.5. The summed E-state index contributed by atoms with van der Waals surface area (Å²) < 4.78 is 18.4. The maximum atomic E-state index is 13.4. The van der Waals surface area contributed by atoms with Gasteiger partial charge in [0.1, 0.15) is 18.0 Å². The molecule has 0 aliphatic rings. The van der Waals surface area contributed by atoms with Crippen LogP contribution in [0.5, 0.6) is 5.75 Å². The minimum Gasteiger partial charge on any atom is -0.491 e. The van der Waals surface area contributed by atoms with E-state index in [9.17, 15) is 9.59 Å². The maximum absolute atomic E-state index is 13.4. The zero-order chi connectivity index (χ0) is 28.8. The molecule has 3 aromatic rings. The maximum Gasteiger partial charge on any atom is 0.407 e. The predicted molar refractivity (Wildman–Crippen MR) is 160 cm³/mol. The van der Waals surface area contributed by atoms with Gasteiger partial charge < -0.3 is 24.5 Å². The van der Waals surface area contributed by atoms with Gasteiger partial charge in [-0.25, -0.2) is 4.79 Å². The third-order valence-electron chi connectivity index (χ3n) is 6.64. The molecule has 8 nitrogen and oxygen atoms in total. The number of pyridine rings is 1. The van der Waals surface area contributed by atoms with Crippen LogP contribution in [-0.4, -0.2) is 50.7 Å². The number of alkyl carbamates (subject to hydrolysis) is 1. The van der Waals surface area contributed by atoms with Crippen LogP contribution in [0.2, 0.25) is 18.1 Å². The van der Waals surface area contributed by atoms with Crippen LogP contribution in [0.15, 0.2) is 48.8 Å². The third kappa shape index (κ3) is 9.05. The molecule has 1 unspecified atom stereocenters. The van der Waals surface area contributed by atoms with Gasteiger partial charge in [-0.1, -0.05) is 32.9 Å². The minimum atomic E-state index is -1.83. The Morgan fingerprint density at radius 1 is 1.03 bits per heavy atom. The molecule has 2 heterocycles. The number of anilines is 1. The standard InChI is InChI=1S/C29H41N3O5SSi/c1-28(2,3)37-27(34)31-18-23(26(33)32-25-17-21-13-14-30-19-24(21)38-25)20-9-11-22(12-10-20)35-15-16-36-39(7,8)29(4,5)6/h9-14,17,19,23H,15-16,18H2,1-8H3,(H,31,34)(H,32,33). The first kappa shape index (κ1) is 30.6. The molecule has 1 atom stereocenters. The van der Waals surface area contributed by atoms with Crippen LogP contribution in [0.4, 0.5) is 9.80 Å². The first-order valence-corrected chi connectivity index (χ1v) is 16.9. The van der Waals surface area contributed by atoms with Crippen molar-refractivity contribution >= 4 is 46.7 Å². The van der Waals surface area contributed by atoms with E-state index in [1.165, 1.54) is 11.3 Å². The average Bonchev–Trinajstić information content (AvgIpc) is 3.23. The molecule has 0 saturated heterocycles. The highest BCUT2D eigenvalue weighted by atomic mass is 32.1. The fraction of sp³-hybridized carbons (Fsp3) is 0.483. The van der Waals surface area contributed by atoms with Gasteiger partial charge in [-0.15, -0.1) is 11.3 Å². The van der Waals surface area contributed by atoms with Gasteiger partial charge in [0.2, 0.25) is 5.91 Å². The Balaban J connectivity index is 1.68. The van der Waals surface area contributed by atoms with E-state index in [1.54, 1.807) is 33.2 Å². The lowest BCUT2D eigenvalue weighted by Gasteiger charge is -2.36. The number of carbonyl (C=O) groups is 2. The Kier molecular flexibility index (Phi) is 9.79. The van der Waals surface area contributed by atoms with Gasteiger partial charge in [0.25, 0.3) is 0 Å². The minimum absolute atomic E-state index is 0.0771. The average molecular weight is 572 g/mol. The van der Waals surface area contributed by atoms with Crippen LogP contribution >= 0.6 is 11.3 Å². The molecule has 10 heteroatoms. The molecule has 0 fully saturated rings. The van der Waals surface area contributed by atoms with Gasteiger partial charge in [-0.2, -0.15) is 0 Å². The van der Waals surface area contributed by atoms with E-state index in [0.717, 1.165) is 15.6 Å². The second-order valence-corrected chi connectivity index (χ2v) is 17.9. The lowest BCUT2D eigenvalue weighted by molar-refractivity contribution is -0.117. The molecule has 0 aliphatic carbocycles. The molecule has 0 saturated carbocycles. The first-order chi connectivity index (χ1) is 18.1. The van der Waals surface area contributed by atoms with E-state index >= 15 is 0 Å². The predicted octanol–water partition coefficient (Wildman–Crippen LogP) is 6.94. The van der Waals surface area contributed by atoms with Crippen molar-refractivity contribution < 1.29 is 23.5 Å². The van der Waals surface area contributed by atoms with E-state index < -0.39 is 25.9 Å². The number of hydrogen-bond donors (Lipinski definition) is 2. The third-order valence-corrected chi connectivity index (χ3v) is 12.2. The van der Waals surface area contributed by atoms with Crippen molar-refractivity contribution in [2.24, 2.45) is 0 Å². The van der Waals surface area contributed by atoms with Gasteiger partial charge in [0.05, 0.1) is 22.2 Å². The fourth-order valence-corrected chi connectivity index (χ4v) is 5.44. The van der Waals surface area contributed by atoms with Crippen molar-refractivity contribution in [3.8, 4) is 5.75 Å². The number of aromatic nitrogens is 1. The molecule has 0 radical (unpaired) electrons. The number of benzene rings is 1. The quantitative estimate of drug-likeness (QED) is 0.202. The summed E-state index contributed by atoms with van der Waals surface area (Å²) >= 11 is 1.45. The summed E-state index contributed by atoms with van der Waals surface area (Å²) in [6.07, 6.45) is 2.92. The van der Waals surface area contributed by atoms with Gasteiger partial charge in [0, 0.05) is 18.9 Å². The Labute approximate surface area is 236 Å². The van der Waals surface area contributed by atoms with Crippen molar-refractivity contribution in [3.63, 3.8) is 0 Å². The van der Waals surface area contributed by atoms with E-state index in [1.807, 2.05) is 36.4 Å². The highest BCUT2D eigenvalue weighted by molar-refractivity contribution is 7.22. The van der Waals surface area contributed by atoms with Gasteiger partial charge in [-0.05, 0) is 74.1 Å². The summed E-state index contributed by atoms with van der Waals surface area (Å²) in [5.74, 6) is -0.187. The fourth-order valence-electron chi connectivity index (χ4n) is 3.49. The van der Waals surface area contributed by atoms with E-state index in [-0.39, 0.29) is 17.5 Å². The van der Waals surface area contributed by atoms with Crippen molar-refractivity contribution in [2.45, 2.75) is 71.2 Å². The smallest absolute Gasteiger partial charge is 0.407 e. The number of nitrogens with one attached hydrogen (secondary N) is 2. The zero-order valence-corrected chi connectivity index (χ0v) is 26.0. The number of fused-ring (bicyclic) bond motifs is 1. The van der Waals surface area contributed by atoms with Crippen LogP contribution in [0.3, 0.4) is 0 Å². The largest absolute Gasteiger partial charge is 0.491 e. The monoisotopic (exact) mass is 571 g/mol. The topological polar surface area (TPSA) is 98.8 Å². The Hall–Kier alpha value is -2.95. The second-order valence-electron chi connectivity index (χ2n) is 12.0. The van der Waals surface area contributed by atoms with Crippen LogP contribution in [-0.2, 0) is 14.0 Å². The van der Waals surface area contributed by atoms with E-state index in [2.05, 4.69) is 49.5 Å². The highest BCUT2D eigenvalue weighted by Crippen LogP contribution is 2.36. The van der Waals surface area contributed by atoms with Crippen LogP contribution in [0.1, 0.15) is 53.0 Å². The summed E-state index contributed by atoms with van der Waals surface area (Å²) in [7, 11) is -1.83. The SMILES string of the molecule is CC(C)(C)OC(=O)NCC(C(=O)Nc1cc2ccncc2s1)c1ccc(OCCO[Si](C)(C)C(C)(C)C)cc1. The van der Waals surface area contributed by atoms with Gasteiger partial charge >= 0.3 is 6.09 Å². The van der Waals surface area contributed by atoms with Gasteiger partial charge in [0.15, 0.2) is 8.32 Å². The Morgan fingerprint density at radius 3 is 2.33 bits per heavy atom. The molecule has 3 rings (SSSR count). The number of rotatable bonds is 10. The number of carbonyl (C=O) groups excluding carboxylic acids is 2. The summed E-state index contributed by atoms with van der Waals surface area (Å²) in [4.78, 5) is 29.9. The van der Waals surface area contributed by atoms with Crippen LogP contribution in [0, 0.1) is 0 Å². The first-order valence-electron chi connectivity index (χ1n) is 13.1. The number of amides is 2. The number of ether oxygens (including phenoxy) is 2. The van der Waals surface area contributed by atoms with Crippen molar-refractivity contribution in [3.05, 3.63) is 54.4 Å². The van der Waals surface area contributed by atoms with Crippen LogP contribution < -0.4 is 15.4 Å². The van der Waals surface area contributed by atoms with Gasteiger partial charge in [-0.3, -0.25) is 9.78 Å². The summed E-state index contributed by atoms with van der Waals surface area (Å²) in [5, 5.41) is 7.61. The number of thiophene rings is 1. The lowest BCUT2D eigenvalue weighted by atomic mass is 9.98.